The van der Waals surface area contributed by atoms with Crippen LogP contribution in [0.25, 0.3) is 0 Å². The molecule has 0 amide bonds. The van der Waals surface area contributed by atoms with Crippen LogP contribution in [0.1, 0.15) is 36.8 Å². The second kappa shape index (κ2) is 3.80. The molecule has 0 saturated heterocycles. The zero-order valence-electron chi connectivity index (χ0n) is 8.53. The Balaban J connectivity index is 2.53. The highest BCUT2D eigenvalue weighted by molar-refractivity contribution is 8.13. The van der Waals surface area contributed by atoms with Gasteiger partial charge in [-0.2, -0.15) is 0 Å². The van der Waals surface area contributed by atoms with Crippen LogP contribution in [0.2, 0.25) is 0 Å². The molecule has 0 saturated carbocycles. The third-order valence-electron chi connectivity index (χ3n) is 3.01. The molecule has 0 radical (unpaired) electrons. The summed E-state index contributed by atoms with van der Waals surface area (Å²) in [5, 5.41) is 0. The molecule has 0 fully saturated rings. The zero-order valence-corrected chi connectivity index (χ0v) is 10.1. The van der Waals surface area contributed by atoms with Crippen molar-refractivity contribution in [2.45, 2.75) is 37.0 Å². The van der Waals surface area contributed by atoms with Crippen molar-refractivity contribution in [1.82, 2.24) is 0 Å². The Hall–Kier alpha value is -0.540. The normalized spacial score (nSPS) is 21.1. The van der Waals surface area contributed by atoms with E-state index in [4.69, 9.17) is 10.7 Å². The number of fused-ring (bicyclic) bond motifs is 1. The van der Waals surface area contributed by atoms with Gasteiger partial charge in [0, 0.05) is 10.7 Å². The summed E-state index contributed by atoms with van der Waals surface area (Å²) in [7, 11) is 1.73. The number of aryl methyl sites for hydroxylation is 1. The summed E-state index contributed by atoms with van der Waals surface area (Å²) in [5.41, 5.74) is 2.40. The predicted molar refractivity (Wildman–Crippen MR) is 60.8 cm³/mol. The molecule has 15 heavy (non-hydrogen) atoms. The van der Waals surface area contributed by atoms with Crippen LogP contribution in [-0.4, -0.2) is 8.42 Å². The third kappa shape index (κ3) is 2.18. The summed E-state index contributed by atoms with van der Waals surface area (Å²) < 4.78 is 22.4. The highest BCUT2D eigenvalue weighted by Crippen LogP contribution is 2.33. The molecule has 1 unspecified atom stereocenters. The standard InChI is InChI=1S/C11H13ClO2S/c1-8-3-2-4-9-5-6-10(7-11(8)9)15(12,13)14/h5-8H,2-4H2,1H3. The van der Waals surface area contributed by atoms with Crippen LogP contribution < -0.4 is 0 Å². The van der Waals surface area contributed by atoms with E-state index in [2.05, 4.69) is 6.92 Å². The maximum Gasteiger partial charge on any atom is 0.261 e. The first-order valence-electron chi connectivity index (χ1n) is 5.06. The van der Waals surface area contributed by atoms with E-state index in [-0.39, 0.29) is 4.90 Å². The summed E-state index contributed by atoms with van der Waals surface area (Å²) in [6.07, 6.45) is 3.35. The van der Waals surface area contributed by atoms with Crippen LogP contribution in [0.4, 0.5) is 0 Å². The van der Waals surface area contributed by atoms with Gasteiger partial charge in [0.15, 0.2) is 0 Å². The maximum absolute atomic E-state index is 11.2. The number of benzene rings is 1. The van der Waals surface area contributed by atoms with Gasteiger partial charge in [-0.05, 0) is 48.4 Å². The Morgan fingerprint density at radius 3 is 2.80 bits per heavy atom. The minimum atomic E-state index is -3.59. The van der Waals surface area contributed by atoms with E-state index in [0.717, 1.165) is 18.4 Å². The van der Waals surface area contributed by atoms with Gasteiger partial charge in [0.05, 0.1) is 4.90 Å². The zero-order chi connectivity index (χ0) is 11.1. The Bertz CT molecular complexity index is 479. The van der Waals surface area contributed by atoms with Crippen molar-refractivity contribution in [3.63, 3.8) is 0 Å². The van der Waals surface area contributed by atoms with Gasteiger partial charge in [-0.3, -0.25) is 0 Å². The van der Waals surface area contributed by atoms with Gasteiger partial charge in [0.25, 0.3) is 9.05 Å². The second-order valence-electron chi connectivity index (χ2n) is 4.09. The molecule has 4 heteroatoms. The van der Waals surface area contributed by atoms with E-state index >= 15 is 0 Å². The highest BCUT2D eigenvalue weighted by Gasteiger charge is 2.19. The van der Waals surface area contributed by atoms with Crippen LogP contribution >= 0.6 is 10.7 Å². The third-order valence-corrected chi connectivity index (χ3v) is 4.36. The first-order chi connectivity index (χ1) is 6.98. The Labute approximate surface area is 94.7 Å². The van der Waals surface area contributed by atoms with Gasteiger partial charge in [-0.15, -0.1) is 0 Å². The van der Waals surface area contributed by atoms with Crippen LogP contribution in [0.5, 0.6) is 0 Å². The minimum Gasteiger partial charge on any atom is -0.207 e. The summed E-state index contributed by atoms with van der Waals surface area (Å²) in [4.78, 5) is 0.219. The fraction of sp³-hybridized carbons (Fsp3) is 0.455. The number of hydrogen-bond donors (Lipinski definition) is 0. The molecule has 0 N–H and O–H groups in total. The fourth-order valence-corrected chi connectivity index (χ4v) is 2.95. The van der Waals surface area contributed by atoms with Crippen LogP contribution in [0.3, 0.4) is 0 Å². The van der Waals surface area contributed by atoms with E-state index in [9.17, 15) is 8.42 Å². The van der Waals surface area contributed by atoms with E-state index in [0.29, 0.717) is 5.92 Å². The lowest BCUT2D eigenvalue weighted by atomic mass is 9.84. The monoisotopic (exact) mass is 244 g/mol. The topological polar surface area (TPSA) is 34.1 Å². The average Bonchev–Trinajstić information content (AvgIpc) is 2.16. The predicted octanol–water partition coefficient (Wildman–Crippen LogP) is 3.05. The van der Waals surface area contributed by atoms with E-state index in [1.54, 1.807) is 12.1 Å². The van der Waals surface area contributed by atoms with Crippen molar-refractivity contribution >= 4 is 19.7 Å². The van der Waals surface area contributed by atoms with Crippen molar-refractivity contribution in [1.29, 1.82) is 0 Å². The lowest BCUT2D eigenvalue weighted by molar-refractivity contribution is 0.586. The Morgan fingerprint density at radius 2 is 2.13 bits per heavy atom. The molecule has 1 aromatic rings. The highest BCUT2D eigenvalue weighted by atomic mass is 35.7. The maximum atomic E-state index is 11.2. The van der Waals surface area contributed by atoms with Gasteiger partial charge >= 0.3 is 0 Å². The average molecular weight is 245 g/mol. The molecule has 1 aliphatic rings. The molecule has 2 rings (SSSR count). The smallest absolute Gasteiger partial charge is 0.207 e. The molecule has 0 aliphatic heterocycles. The Morgan fingerprint density at radius 1 is 1.40 bits per heavy atom. The molecule has 2 nitrogen and oxygen atoms in total. The van der Waals surface area contributed by atoms with Crippen molar-refractivity contribution in [3.8, 4) is 0 Å². The largest absolute Gasteiger partial charge is 0.261 e. The first-order valence-corrected chi connectivity index (χ1v) is 7.37. The SMILES string of the molecule is CC1CCCc2ccc(S(=O)(=O)Cl)cc21. The molecular formula is C11H13ClO2S. The van der Waals surface area contributed by atoms with Crippen molar-refractivity contribution < 1.29 is 8.42 Å². The van der Waals surface area contributed by atoms with E-state index in [1.165, 1.54) is 12.0 Å². The summed E-state index contributed by atoms with van der Waals surface area (Å²) in [6.45, 7) is 2.13. The van der Waals surface area contributed by atoms with E-state index in [1.807, 2.05) is 6.07 Å². The van der Waals surface area contributed by atoms with Gasteiger partial charge in [0.1, 0.15) is 0 Å². The molecular weight excluding hydrogens is 232 g/mol. The molecule has 1 aliphatic carbocycles. The summed E-state index contributed by atoms with van der Waals surface area (Å²) in [5.74, 6) is 0.437. The number of halogens is 1. The lowest BCUT2D eigenvalue weighted by Gasteiger charge is -2.22. The lowest BCUT2D eigenvalue weighted by Crippen LogP contribution is -2.08. The molecule has 0 bridgehead atoms. The van der Waals surface area contributed by atoms with Crippen LogP contribution in [0, 0.1) is 0 Å². The molecule has 1 aromatic carbocycles. The minimum absolute atomic E-state index is 0.219. The van der Waals surface area contributed by atoms with Gasteiger partial charge in [-0.1, -0.05) is 13.0 Å². The van der Waals surface area contributed by atoms with Crippen molar-refractivity contribution in [2.24, 2.45) is 0 Å². The summed E-state index contributed by atoms with van der Waals surface area (Å²) in [6, 6.07) is 5.21. The molecule has 0 aromatic heterocycles. The summed E-state index contributed by atoms with van der Waals surface area (Å²) >= 11 is 0. The molecule has 1 atom stereocenters. The van der Waals surface area contributed by atoms with Crippen LogP contribution in [-0.2, 0) is 15.5 Å². The molecule has 0 spiro atoms. The van der Waals surface area contributed by atoms with Gasteiger partial charge in [0.2, 0.25) is 0 Å². The quantitative estimate of drug-likeness (QED) is 0.712. The Kier molecular flexibility index (Phi) is 2.77. The second-order valence-corrected chi connectivity index (χ2v) is 6.66. The molecule has 82 valence electrons. The molecule has 0 heterocycles. The van der Waals surface area contributed by atoms with Crippen LogP contribution in [0.15, 0.2) is 23.1 Å². The fourth-order valence-electron chi connectivity index (χ4n) is 2.17. The van der Waals surface area contributed by atoms with Gasteiger partial charge in [-0.25, -0.2) is 8.42 Å². The number of hydrogen-bond acceptors (Lipinski definition) is 2. The van der Waals surface area contributed by atoms with Crippen molar-refractivity contribution in [3.05, 3.63) is 29.3 Å². The van der Waals surface area contributed by atoms with Gasteiger partial charge < -0.3 is 0 Å². The number of rotatable bonds is 1. The first kappa shape index (κ1) is 11.0. The van der Waals surface area contributed by atoms with Crippen molar-refractivity contribution in [2.75, 3.05) is 0 Å². The van der Waals surface area contributed by atoms with E-state index < -0.39 is 9.05 Å².